The van der Waals surface area contributed by atoms with Gasteiger partial charge < -0.3 is 5.73 Å². The van der Waals surface area contributed by atoms with Crippen molar-refractivity contribution < 1.29 is 8.42 Å². The van der Waals surface area contributed by atoms with Gasteiger partial charge in [0.25, 0.3) is 0 Å². The fraction of sp³-hybridized carbons (Fsp3) is 0.600. The predicted octanol–water partition coefficient (Wildman–Crippen LogP) is 2.86. The van der Waals surface area contributed by atoms with Crippen molar-refractivity contribution in [3.8, 4) is 0 Å². The van der Waals surface area contributed by atoms with Gasteiger partial charge in [-0.15, -0.1) is 0 Å². The summed E-state index contributed by atoms with van der Waals surface area (Å²) in [6.45, 7) is 12.4. The number of aryl methyl sites for hydroxylation is 1. The lowest BCUT2D eigenvalue weighted by molar-refractivity contribution is 0.380. The predicted molar refractivity (Wildman–Crippen MR) is 84.3 cm³/mol. The molecule has 20 heavy (non-hydrogen) atoms. The molecule has 1 aromatic rings. The molecule has 0 bridgehead atoms. The van der Waals surface area contributed by atoms with E-state index in [1.54, 1.807) is 6.92 Å². The van der Waals surface area contributed by atoms with Crippen LogP contribution < -0.4 is 5.73 Å². The van der Waals surface area contributed by atoms with Crippen molar-refractivity contribution in [2.75, 3.05) is 18.8 Å². The third-order valence-corrected chi connectivity index (χ3v) is 5.81. The molecule has 114 valence electrons. The molecular formula is C15H26N2O2S. The number of nitrogen functional groups attached to an aromatic ring is 1. The Hall–Kier alpha value is -1.07. The lowest BCUT2D eigenvalue weighted by atomic mass is 10.1. The lowest BCUT2D eigenvalue weighted by Crippen LogP contribution is -2.35. The summed E-state index contributed by atoms with van der Waals surface area (Å²) in [5.74, 6) is 0.285. The number of hydrogen-bond acceptors (Lipinski definition) is 3. The van der Waals surface area contributed by atoms with E-state index in [1.807, 2.05) is 40.7 Å². The van der Waals surface area contributed by atoms with Crippen LogP contribution in [0.2, 0.25) is 0 Å². The number of nitrogens with zero attached hydrogens (tertiary/aromatic N) is 1. The van der Waals surface area contributed by atoms with Gasteiger partial charge in [0.1, 0.15) is 0 Å². The van der Waals surface area contributed by atoms with Crippen molar-refractivity contribution in [2.24, 2.45) is 5.92 Å². The Kier molecular flexibility index (Phi) is 5.21. The van der Waals surface area contributed by atoms with Gasteiger partial charge >= 0.3 is 0 Å². The second-order valence-electron chi connectivity index (χ2n) is 5.71. The minimum atomic E-state index is -3.50. The molecule has 1 rings (SSSR count). The Morgan fingerprint density at radius 3 is 2.20 bits per heavy atom. The van der Waals surface area contributed by atoms with Gasteiger partial charge in [-0.1, -0.05) is 20.8 Å². The molecule has 0 saturated heterocycles. The summed E-state index contributed by atoms with van der Waals surface area (Å²) in [6, 6.07) is 1.84. The molecule has 0 aliphatic carbocycles. The van der Waals surface area contributed by atoms with E-state index in [-0.39, 0.29) is 5.92 Å². The molecule has 0 saturated carbocycles. The Bertz CT molecular complexity index is 566. The molecule has 0 amide bonds. The minimum absolute atomic E-state index is 0.285. The van der Waals surface area contributed by atoms with Crippen LogP contribution in [0.4, 0.5) is 5.69 Å². The van der Waals surface area contributed by atoms with Gasteiger partial charge in [0.15, 0.2) is 0 Å². The van der Waals surface area contributed by atoms with E-state index in [0.29, 0.717) is 29.2 Å². The minimum Gasteiger partial charge on any atom is -0.398 e. The molecule has 0 heterocycles. The van der Waals surface area contributed by atoms with Crippen LogP contribution in [0.15, 0.2) is 11.0 Å². The van der Waals surface area contributed by atoms with E-state index in [9.17, 15) is 8.42 Å². The van der Waals surface area contributed by atoms with E-state index in [2.05, 4.69) is 0 Å². The number of nitrogens with two attached hydrogens (primary N) is 1. The summed E-state index contributed by atoms with van der Waals surface area (Å²) in [5.41, 5.74) is 8.83. The molecule has 0 fully saturated rings. The number of rotatable bonds is 5. The van der Waals surface area contributed by atoms with Crippen LogP contribution in [0.3, 0.4) is 0 Å². The molecule has 0 atom stereocenters. The quantitative estimate of drug-likeness (QED) is 0.850. The molecule has 1 aromatic carbocycles. The molecule has 4 nitrogen and oxygen atoms in total. The van der Waals surface area contributed by atoms with Crippen LogP contribution in [0.1, 0.15) is 37.5 Å². The molecule has 2 N–H and O–H groups in total. The molecule has 0 aliphatic rings. The highest BCUT2D eigenvalue weighted by Gasteiger charge is 2.28. The molecule has 0 unspecified atom stereocenters. The van der Waals surface area contributed by atoms with E-state index >= 15 is 0 Å². The van der Waals surface area contributed by atoms with Gasteiger partial charge in [-0.3, -0.25) is 0 Å². The van der Waals surface area contributed by atoms with Gasteiger partial charge in [-0.05, 0) is 49.4 Å². The zero-order chi connectivity index (χ0) is 15.7. The second kappa shape index (κ2) is 6.14. The van der Waals surface area contributed by atoms with Crippen LogP contribution in [-0.2, 0) is 10.0 Å². The van der Waals surface area contributed by atoms with Crippen molar-refractivity contribution in [1.29, 1.82) is 0 Å². The topological polar surface area (TPSA) is 63.4 Å². The maximum absolute atomic E-state index is 12.9. The Balaban J connectivity index is 3.49. The highest BCUT2D eigenvalue weighted by atomic mass is 32.2. The second-order valence-corrected chi connectivity index (χ2v) is 7.59. The van der Waals surface area contributed by atoms with Crippen LogP contribution in [-0.4, -0.2) is 25.8 Å². The number of benzene rings is 1. The fourth-order valence-corrected chi connectivity index (χ4v) is 4.51. The van der Waals surface area contributed by atoms with Crippen molar-refractivity contribution >= 4 is 15.7 Å². The third kappa shape index (κ3) is 3.15. The summed E-state index contributed by atoms with van der Waals surface area (Å²) < 4.78 is 27.4. The summed E-state index contributed by atoms with van der Waals surface area (Å²) in [5, 5.41) is 0. The standard InChI is InChI=1S/C15H26N2O2S/c1-7-17(9-10(2)3)20(18,19)15-12(5)11(4)8-14(16)13(15)6/h8,10H,7,9,16H2,1-6H3. The highest BCUT2D eigenvalue weighted by Crippen LogP contribution is 2.30. The van der Waals surface area contributed by atoms with Crippen LogP contribution in [0, 0.1) is 26.7 Å². The van der Waals surface area contributed by atoms with E-state index in [1.165, 1.54) is 4.31 Å². The van der Waals surface area contributed by atoms with Gasteiger partial charge in [-0.25, -0.2) is 8.42 Å². The van der Waals surface area contributed by atoms with Crippen molar-refractivity contribution in [3.05, 3.63) is 22.8 Å². The molecular weight excluding hydrogens is 272 g/mol. The lowest BCUT2D eigenvalue weighted by Gasteiger charge is -2.25. The van der Waals surface area contributed by atoms with E-state index in [0.717, 1.165) is 11.1 Å². The summed E-state index contributed by atoms with van der Waals surface area (Å²) in [6.07, 6.45) is 0. The Labute approximate surface area is 123 Å². The average Bonchev–Trinajstić information content (AvgIpc) is 2.33. The smallest absolute Gasteiger partial charge is 0.243 e. The highest BCUT2D eigenvalue weighted by molar-refractivity contribution is 7.89. The number of anilines is 1. The third-order valence-electron chi connectivity index (χ3n) is 3.60. The summed E-state index contributed by atoms with van der Waals surface area (Å²) in [4.78, 5) is 0.373. The first-order valence-electron chi connectivity index (χ1n) is 6.99. The molecule has 0 aromatic heterocycles. The first-order chi connectivity index (χ1) is 9.12. The molecule has 0 aliphatic heterocycles. The molecule has 5 heteroatoms. The molecule has 0 spiro atoms. The van der Waals surface area contributed by atoms with Gasteiger partial charge in [0, 0.05) is 18.8 Å². The average molecular weight is 298 g/mol. The normalized spacial score (nSPS) is 12.4. The van der Waals surface area contributed by atoms with Gasteiger partial charge in [0.2, 0.25) is 10.0 Å². The largest absolute Gasteiger partial charge is 0.398 e. The zero-order valence-electron chi connectivity index (χ0n) is 13.3. The Morgan fingerprint density at radius 1 is 1.20 bits per heavy atom. The molecule has 0 radical (unpaired) electrons. The van der Waals surface area contributed by atoms with Crippen molar-refractivity contribution in [2.45, 2.75) is 46.4 Å². The number of hydrogen-bond donors (Lipinski definition) is 1. The SMILES string of the molecule is CCN(CC(C)C)S(=O)(=O)c1c(C)c(C)cc(N)c1C. The summed E-state index contributed by atoms with van der Waals surface area (Å²) in [7, 11) is -3.50. The first-order valence-corrected chi connectivity index (χ1v) is 8.43. The van der Waals surface area contributed by atoms with E-state index < -0.39 is 10.0 Å². The zero-order valence-corrected chi connectivity index (χ0v) is 14.1. The Morgan fingerprint density at radius 2 is 1.75 bits per heavy atom. The van der Waals surface area contributed by atoms with Crippen molar-refractivity contribution in [3.63, 3.8) is 0 Å². The van der Waals surface area contributed by atoms with Crippen molar-refractivity contribution in [1.82, 2.24) is 4.31 Å². The van der Waals surface area contributed by atoms with Gasteiger partial charge in [0.05, 0.1) is 4.90 Å². The first kappa shape index (κ1) is 17.0. The van der Waals surface area contributed by atoms with Crippen LogP contribution in [0.25, 0.3) is 0 Å². The number of sulfonamides is 1. The maximum atomic E-state index is 12.9. The monoisotopic (exact) mass is 298 g/mol. The van der Waals surface area contributed by atoms with E-state index in [4.69, 9.17) is 5.73 Å². The van der Waals surface area contributed by atoms with Crippen LogP contribution >= 0.6 is 0 Å². The van der Waals surface area contributed by atoms with Gasteiger partial charge in [-0.2, -0.15) is 4.31 Å². The fourth-order valence-electron chi connectivity index (χ4n) is 2.36. The summed E-state index contributed by atoms with van der Waals surface area (Å²) >= 11 is 0. The maximum Gasteiger partial charge on any atom is 0.243 e. The van der Waals surface area contributed by atoms with Crippen LogP contribution in [0.5, 0.6) is 0 Å².